The number of aromatic nitrogens is 3. The van der Waals surface area contributed by atoms with Crippen molar-refractivity contribution >= 4 is 16.8 Å². The summed E-state index contributed by atoms with van der Waals surface area (Å²) < 4.78 is 2.15. The first-order valence-corrected chi connectivity index (χ1v) is 8.70. The van der Waals surface area contributed by atoms with E-state index in [1.807, 2.05) is 36.4 Å². The molecule has 0 unspecified atom stereocenters. The minimum atomic E-state index is 0.725. The molecule has 0 N–H and O–H groups in total. The largest absolute Gasteiger partial charge is 0.276 e. The maximum atomic E-state index is 4.84. The highest BCUT2D eigenvalue weighted by Crippen LogP contribution is 2.29. The number of para-hydroxylation sites is 2. The van der Waals surface area contributed by atoms with Crippen molar-refractivity contribution in [3.8, 4) is 22.5 Å². The number of rotatable bonds is 2. The lowest BCUT2D eigenvalue weighted by Crippen LogP contribution is -1.97. The third-order valence-electron chi connectivity index (χ3n) is 4.69. The third kappa shape index (κ3) is 2.37. The van der Waals surface area contributed by atoms with Gasteiger partial charge in [-0.2, -0.15) is 0 Å². The van der Waals surface area contributed by atoms with E-state index in [2.05, 4.69) is 59.9 Å². The van der Waals surface area contributed by atoms with Crippen molar-refractivity contribution in [1.29, 1.82) is 0 Å². The summed E-state index contributed by atoms with van der Waals surface area (Å²) in [4.78, 5) is 9.60. The van der Waals surface area contributed by atoms with Crippen LogP contribution in [0.1, 0.15) is 5.56 Å². The van der Waals surface area contributed by atoms with Crippen molar-refractivity contribution in [3.63, 3.8) is 0 Å². The molecule has 0 saturated carbocycles. The summed E-state index contributed by atoms with van der Waals surface area (Å²) in [7, 11) is 0. The number of nitrogens with zero attached hydrogens (tertiary/aromatic N) is 3. The molecule has 3 aromatic carbocycles. The minimum absolute atomic E-state index is 0.725. The second kappa shape index (κ2) is 5.81. The Bertz CT molecular complexity index is 1220. The van der Waals surface area contributed by atoms with Crippen molar-refractivity contribution in [2.45, 2.75) is 6.92 Å². The van der Waals surface area contributed by atoms with Crippen molar-refractivity contribution < 1.29 is 0 Å². The summed E-state index contributed by atoms with van der Waals surface area (Å²) in [5.41, 5.74) is 7.56. The molecule has 26 heavy (non-hydrogen) atoms. The zero-order valence-corrected chi connectivity index (χ0v) is 14.4. The number of benzene rings is 3. The summed E-state index contributed by atoms with van der Waals surface area (Å²) in [6.07, 6.45) is 0. The normalized spacial score (nSPS) is 11.3. The van der Waals surface area contributed by atoms with Gasteiger partial charge in [-0.05, 0) is 30.7 Å². The number of imidazole rings is 1. The van der Waals surface area contributed by atoms with E-state index in [-0.39, 0.29) is 0 Å². The molecule has 2 aromatic heterocycles. The fourth-order valence-corrected chi connectivity index (χ4v) is 3.35. The molecule has 0 atom stereocenters. The Morgan fingerprint density at radius 2 is 1.42 bits per heavy atom. The molecule has 0 amide bonds. The molecule has 0 spiro atoms. The van der Waals surface area contributed by atoms with E-state index < -0.39 is 0 Å². The number of hydrogen-bond donors (Lipinski definition) is 0. The first-order valence-electron chi connectivity index (χ1n) is 8.70. The van der Waals surface area contributed by atoms with Crippen LogP contribution in [0.2, 0.25) is 0 Å². The van der Waals surface area contributed by atoms with Gasteiger partial charge in [0.2, 0.25) is 5.78 Å². The smallest absolute Gasteiger partial charge is 0.235 e. The molecule has 0 aliphatic heterocycles. The van der Waals surface area contributed by atoms with Crippen LogP contribution in [0.15, 0.2) is 84.9 Å². The Morgan fingerprint density at radius 1 is 0.692 bits per heavy atom. The lowest BCUT2D eigenvalue weighted by Gasteiger charge is -2.10. The minimum Gasteiger partial charge on any atom is -0.276 e. The molecule has 0 fully saturated rings. The molecule has 0 aliphatic carbocycles. The molecule has 0 bridgehead atoms. The predicted molar refractivity (Wildman–Crippen MR) is 106 cm³/mol. The van der Waals surface area contributed by atoms with E-state index in [9.17, 15) is 0 Å². The van der Waals surface area contributed by atoms with E-state index in [0.717, 1.165) is 39.3 Å². The van der Waals surface area contributed by atoms with Gasteiger partial charge in [-0.25, -0.2) is 9.97 Å². The van der Waals surface area contributed by atoms with Crippen LogP contribution in [0.3, 0.4) is 0 Å². The van der Waals surface area contributed by atoms with Crippen LogP contribution >= 0.6 is 0 Å². The van der Waals surface area contributed by atoms with Gasteiger partial charge in [-0.3, -0.25) is 4.40 Å². The molecule has 5 rings (SSSR count). The standard InChI is InChI=1S/C23H17N3/c1-16-11-13-18(14-12-16)22-15-20(17-7-3-2-4-8-17)25-23-24-19-9-5-6-10-21(19)26(22)23/h2-15H,1H3. The molecule has 0 aliphatic rings. The van der Waals surface area contributed by atoms with Crippen LogP contribution < -0.4 is 0 Å². The number of aryl methyl sites for hydroxylation is 1. The monoisotopic (exact) mass is 335 g/mol. The molecular weight excluding hydrogens is 318 g/mol. The Balaban J connectivity index is 1.88. The average Bonchev–Trinajstić information content (AvgIpc) is 3.07. The highest BCUT2D eigenvalue weighted by Gasteiger charge is 2.13. The SMILES string of the molecule is Cc1ccc(-c2cc(-c3ccccc3)nc3nc4ccccc4n23)cc1. The van der Waals surface area contributed by atoms with Crippen molar-refractivity contribution in [1.82, 2.24) is 14.4 Å². The fourth-order valence-electron chi connectivity index (χ4n) is 3.35. The van der Waals surface area contributed by atoms with Gasteiger partial charge in [0, 0.05) is 5.56 Å². The summed E-state index contributed by atoms with van der Waals surface area (Å²) >= 11 is 0. The first kappa shape index (κ1) is 14.8. The molecule has 3 heteroatoms. The van der Waals surface area contributed by atoms with Crippen LogP contribution in [-0.4, -0.2) is 14.4 Å². The lowest BCUT2D eigenvalue weighted by atomic mass is 10.1. The predicted octanol–water partition coefficient (Wildman–Crippen LogP) is 5.52. The van der Waals surface area contributed by atoms with Gasteiger partial charge in [0.1, 0.15) is 0 Å². The Labute approximate surface area is 151 Å². The van der Waals surface area contributed by atoms with Gasteiger partial charge in [-0.15, -0.1) is 0 Å². The average molecular weight is 335 g/mol. The first-order chi connectivity index (χ1) is 12.8. The van der Waals surface area contributed by atoms with Gasteiger partial charge < -0.3 is 0 Å². The maximum Gasteiger partial charge on any atom is 0.235 e. The Hall–Kier alpha value is -3.46. The van der Waals surface area contributed by atoms with Crippen LogP contribution in [0.5, 0.6) is 0 Å². The van der Waals surface area contributed by atoms with E-state index in [4.69, 9.17) is 9.97 Å². The molecule has 3 nitrogen and oxygen atoms in total. The summed E-state index contributed by atoms with van der Waals surface area (Å²) in [5.74, 6) is 0.725. The molecule has 0 saturated heterocycles. The van der Waals surface area contributed by atoms with Crippen LogP contribution in [-0.2, 0) is 0 Å². The van der Waals surface area contributed by atoms with Gasteiger partial charge in [0.15, 0.2) is 0 Å². The fraction of sp³-hybridized carbons (Fsp3) is 0.0435. The Kier molecular flexibility index (Phi) is 3.32. The molecule has 0 radical (unpaired) electrons. The van der Waals surface area contributed by atoms with Crippen molar-refractivity contribution in [2.75, 3.05) is 0 Å². The van der Waals surface area contributed by atoms with Crippen molar-refractivity contribution in [2.24, 2.45) is 0 Å². The van der Waals surface area contributed by atoms with Crippen LogP contribution in [0.25, 0.3) is 39.3 Å². The molecule has 124 valence electrons. The third-order valence-corrected chi connectivity index (χ3v) is 4.69. The zero-order valence-electron chi connectivity index (χ0n) is 14.4. The number of fused-ring (bicyclic) bond motifs is 3. The van der Waals surface area contributed by atoms with Crippen LogP contribution in [0, 0.1) is 6.92 Å². The molecular formula is C23H17N3. The zero-order chi connectivity index (χ0) is 17.5. The van der Waals surface area contributed by atoms with Gasteiger partial charge >= 0.3 is 0 Å². The van der Waals surface area contributed by atoms with Gasteiger partial charge in [-0.1, -0.05) is 72.3 Å². The molecule has 2 heterocycles. The summed E-state index contributed by atoms with van der Waals surface area (Å²) in [6, 6.07) is 29.2. The topological polar surface area (TPSA) is 30.2 Å². The highest BCUT2D eigenvalue weighted by atomic mass is 15.1. The second-order valence-corrected chi connectivity index (χ2v) is 6.49. The summed E-state index contributed by atoms with van der Waals surface area (Å²) in [6.45, 7) is 2.11. The van der Waals surface area contributed by atoms with E-state index >= 15 is 0 Å². The second-order valence-electron chi connectivity index (χ2n) is 6.49. The summed E-state index contributed by atoms with van der Waals surface area (Å²) in [5, 5.41) is 0. The van der Waals surface area contributed by atoms with E-state index in [1.165, 1.54) is 5.56 Å². The van der Waals surface area contributed by atoms with E-state index in [1.54, 1.807) is 0 Å². The Morgan fingerprint density at radius 3 is 2.23 bits per heavy atom. The van der Waals surface area contributed by atoms with Crippen LogP contribution in [0.4, 0.5) is 0 Å². The highest BCUT2D eigenvalue weighted by molar-refractivity contribution is 5.84. The number of hydrogen-bond acceptors (Lipinski definition) is 2. The van der Waals surface area contributed by atoms with Gasteiger partial charge in [0.05, 0.1) is 22.4 Å². The quantitative estimate of drug-likeness (QED) is 0.425. The van der Waals surface area contributed by atoms with Gasteiger partial charge in [0.25, 0.3) is 0 Å². The lowest BCUT2D eigenvalue weighted by molar-refractivity contribution is 1.14. The van der Waals surface area contributed by atoms with E-state index in [0.29, 0.717) is 0 Å². The molecule has 5 aromatic rings. The van der Waals surface area contributed by atoms with Crippen molar-refractivity contribution in [3.05, 3.63) is 90.5 Å². The maximum absolute atomic E-state index is 4.84.